The molecule has 6 heteroatoms. The molecule has 1 amide bonds. The predicted octanol–water partition coefficient (Wildman–Crippen LogP) is 1.79. The fourth-order valence-corrected chi connectivity index (χ4v) is 3.93. The summed E-state index contributed by atoms with van der Waals surface area (Å²) in [6, 6.07) is 2.16. The zero-order chi connectivity index (χ0) is 16.8. The Kier molecular flexibility index (Phi) is 6.03. The number of aliphatic carboxylic acids is 1. The summed E-state index contributed by atoms with van der Waals surface area (Å²) >= 11 is 0. The number of amides is 1. The van der Waals surface area contributed by atoms with Gasteiger partial charge in [-0.3, -0.25) is 9.59 Å². The third-order valence-corrected chi connectivity index (χ3v) is 5.14. The number of fused-ring (bicyclic) bond motifs is 2. The van der Waals surface area contributed by atoms with E-state index in [4.69, 9.17) is 10.4 Å². The zero-order valence-corrected chi connectivity index (χ0v) is 13.5. The highest BCUT2D eigenvalue weighted by atomic mass is 16.4. The largest absolute Gasteiger partial charge is 0.481 e. The van der Waals surface area contributed by atoms with Gasteiger partial charge in [-0.1, -0.05) is 6.42 Å². The molecule has 0 spiro atoms. The molecule has 2 aliphatic rings. The third-order valence-electron chi connectivity index (χ3n) is 5.14. The summed E-state index contributed by atoms with van der Waals surface area (Å²) in [5.41, 5.74) is 0.0373. The smallest absolute Gasteiger partial charge is 0.303 e. The van der Waals surface area contributed by atoms with E-state index in [1.807, 2.05) is 6.07 Å². The number of nitrogens with zero attached hydrogens (tertiary/aromatic N) is 1. The molecule has 2 rings (SSSR count). The number of carbonyl (C=O) groups is 2. The molecule has 2 bridgehead atoms. The number of carboxylic acid groups (broad SMARTS) is 1. The highest BCUT2D eigenvalue weighted by Crippen LogP contribution is 2.49. The van der Waals surface area contributed by atoms with Crippen molar-refractivity contribution in [1.82, 2.24) is 10.6 Å². The van der Waals surface area contributed by atoms with Gasteiger partial charge in [0.15, 0.2) is 0 Å². The second-order valence-corrected chi connectivity index (χ2v) is 6.72. The third kappa shape index (κ3) is 4.72. The molecule has 0 aromatic heterocycles. The molecule has 23 heavy (non-hydrogen) atoms. The van der Waals surface area contributed by atoms with Crippen LogP contribution in [0.1, 0.15) is 45.4 Å². The number of hydrogen-bond acceptors (Lipinski definition) is 4. The summed E-state index contributed by atoms with van der Waals surface area (Å²) < 4.78 is 0. The maximum Gasteiger partial charge on any atom is 0.303 e. The minimum atomic E-state index is -0.892. The lowest BCUT2D eigenvalue weighted by atomic mass is 9.84. The van der Waals surface area contributed by atoms with Gasteiger partial charge in [0, 0.05) is 25.2 Å². The molecule has 0 radical (unpaired) electrons. The molecule has 2 saturated carbocycles. The molecule has 0 aromatic carbocycles. The maximum absolute atomic E-state index is 11.9. The van der Waals surface area contributed by atoms with E-state index in [9.17, 15) is 9.59 Å². The second kappa shape index (κ2) is 8.00. The van der Waals surface area contributed by atoms with Gasteiger partial charge in [-0.2, -0.15) is 5.26 Å². The predicted molar refractivity (Wildman–Crippen MR) is 85.1 cm³/mol. The number of hydrogen-bond donors (Lipinski definition) is 3. The van der Waals surface area contributed by atoms with Gasteiger partial charge in [0.2, 0.25) is 0 Å². The van der Waals surface area contributed by atoms with E-state index in [0.29, 0.717) is 12.3 Å². The summed E-state index contributed by atoms with van der Waals surface area (Å²) in [6.45, 7) is 2.37. The first-order valence-electron chi connectivity index (χ1n) is 8.37. The van der Waals surface area contributed by atoms with Crippen LogP contribution in [0.4, 0.5) is 0 Å². The molecule has 0 heterocycles. The molecular formula is C17H25N3O3. The molecule has 0 aromatic rings. The van der Waals surface area contributed by atoms with E-state index in [1.165, 1.54) is 31.9 Å². The van der Waals surface area contributed by atoms with Gasteiger partial charge in [-0.25, -0.2) is 0 Å². The molecular weight excluding hydrogens is 294 g/mol. The highest BCUT2D eigenvalue weighted by Gasteiger charge is 2.41. The average Bonchev–Trinajstić information content (AvgIpc) is 3.14. The fourth-order valence-electron chi connectivity index (χ4n) is 3.93. The Labute approximate surface area is 136 Å². The average molecular weight is 319 g/mol. The van der Waals surface area contributed by atoms with Crippen LogP contribution in [0.5, 0.6) is 0 Å². The summed E-state index contributed by atoms with van der Waals surface area (Å²) in [7, 11) is 0. The van der Waals surface area contributed by atoms with Crippen molar-refractivity contribution in [1.29, 1.82) is 5.26 Å². The van der Waals surface area contributed by atoms with Crippen molar-refractivity contribution in [2.75, 3.05) is 6.54 Å². The van der Waals surface area contributed by atoms with Crippen molar-refractivity contribution in [2.24, 2.45) is 17.8 Å². The quantitative estimate of drug-likeness (QED) is 0.359. The van der Waals surface area contributed by atoms with Crippen LogP contribution in [-0.4, -0.2) is 29.6 Å². The SMILES string of the molecule is CC(N/C=C(/C#N)C(=O)NCCCC(=O)O)C1CC2CCC1C2. The lowest BCUT2D eigenvalue weighted by Gasteiger charge is -2.28. The van der Waals surface area contributed by atoms with Gasteiger partial charge in [-0.05, 0) is 50.4 Å². The van der Waals surface area contributed by atoms with Crippen molar-refractivity contribution < 1.29 is 14.7 Å². The van der Waals surface area contributed by atoms with E-state index in [1.54, 1.807) is 0 Å². The molecule has 3 N–H and O–H groups in total. The van der Waals surface area contributed by atoms with Gasteiger partial charge in [0.25, 0.3) is 5.91 Å². The van der Waals surface area contributed by atoms with Crippen molar-refractivity contribution in [3.05, 3.63) is 11.8 Å². The second-order valence-electron chi connectivity index (χ2n) is 6.72. The van der Waals surface area contributed by atoms with Crippen molar-refractivity contribution >= 4 is 11.9 Å². The molecule has 0 saturated heterocycles. The Bertz CT molecular complexity index is 524. The van der Waals surface area contributed by atoms with Gasteiger partial charge in [0.05, 0.1) is 0 Å². The molecule has 2 fully saturated rings. The van der Waals surface area contributed by atoms with Gasteiger partial charge < -0.3 is 15.7 Å². The van der Waals surface area contributed by atoms with Crippen LogP contribution in [0.25, 0.3) is 0 Å². The van der Waals surface area contributed by atoms with E-state index in [-0.39, 0.29) is 24.6 Å². The minimum absolute atomic E-state index is 0.00536. The number of carbonyl (C=O) groups excluding carboxylic acids is 1. The van der Waals surface area contributed by atoms with Crippen LogP contribution < -0.4 is 10.6 Å². The molecule has 2 aliphatic carbocycles. The first kappa shape index (κ1) is 17.3. The summed E-state index contributed by atoms with van der Waals surface area (Å²) in [6.07, 6.45) is 7.10. The van der Waals surface area contributed by atoms with Crippen LogP contribution in [0, 0.1) is 29.1 Å². The molecule has 0 aliphatic heterocycles. The Morgan fingerprint density at radius 3 is 2.74 bits per heavy atom. The fraction of sp³-hybridized carbons (Fsp3) is 0.706. The van der Waals surface area contributed by atoms with E-state index in [0.717, 1.165) is 11.8 Å². The monoisotopic (exact) mass is 319 g/mol. The molecule has 126 valence electrons. The van der Waals surface area contributed by atoms with Crippen LogP contribution in [-0.2, 0) is 9.59 Å². The minimum Gasteiger partial charge on any atom is -0.481 e. The summed E-state index contributed by atoms with van der Waals surface area (Å²) in [5, 5.41) is 23.4. The van der Waals surface area contributed by atoms with Gasteiger partial charge >= 0.3 is 5.97 Å². The van der Waals surface area contributed by atoms with Crippen LogP contribution in [0.2, 0.25) is 0 Å². The highest BCUT2D eigenvalue weighted by molar-refractivity contribution is 5.97. The van der Waals surface area contributed by atoms with Gasteiger partial charge in [0.1, 0.15) is 11.6 Å². The number of nitrogens with one attached hydrogen (secondary N) is 2. The first-order valence-corrected chi connectivity index (χ1v) is 8.37. The number of carboxylic acids is 1. The Morgan fingerprint density at radius 2 is 2.17 bits per heavy atom. The Morgan fingerprint density at radius 1 is 1.39 bits per heavy atom. The summed E-state index contributed by atoms with van der Waals surface area (Å²) in [4.78, 5) is 22.3. The molecule has 4 atom stereocenters. The van der Waals surface area contributed by atoms with E-state index in [2.05, 4.69) is 17.6 Å². The lowest BCUT2D eigenvalue weighted by molar-refractivity contribution is -0.137. The normalized spacial score (nSPS) is 27.3. The standard InChI is InChI=1S/C17H25N3O3/c1-11(15-8-12-4-5-13(15)7-12)20-10-14(9-18)17(23)19-6-2-3-16(21)22/h10-13,15,20H,2-8H2,1H3,(H,19,23)(H,21,22)/b14-10-. The Hall–Kier alpha value is -2.03. The van der Waals surface area contributed by atoms with Gasteiger partial charge in [-0.15, -0.1) is 0 Å². The zero-order valence-electron chi connectivity index (χ0n) is 13.5. The van der Waals surface area contributed by atoms with Crippen molar-refractivity contribution in [3.63, 3.8) is 0 Å². The number of rotatable bonds is 8. The molecule has 4 unspecified atom stereocenters. The first-order chi connectivity index (χ1) is 11.0. The van der Waals surface area contributed by atoms with Crippen molar-refractivity contribution in [2.45, 2.75) is 51.5 Å². The van der Waals surface area contributed by atoms with Crippen molar-refractivity contribution in [3.8, 4) is 6.07 Å². The van der Waals surface area contributed by atoms with Crippen LogP contribution in [0.15, 0.2) is 11.8 Å². The van der Waals surface area contributed by atoms with E-state index >= 15 is 0 Å². The number of nitriles is 1. The van der Waals surface area contributed by atoms with Crippen LogP contribution in [0.3, 0.4) is 0 Å². The molecule has 6 nitrogen and oxygen atoms in total. The topological polar surface area (TPSA) is 102 Å². The maximum atomic E-state index is 11.9. The Balaban J connectivity index is 1.78. The van der Waals surface area contributed by atoms with Crippen LogP contribution >= 0.6 is 0 Å². The van der Waals surface area contributed by atoms with E-state index < -0.39 is 11.9 Å². The summed E-state index contributed by atoms with van der Waals surface area (Å²) in [5.74, 6) is 0.934. The lowest BCUT2D eigenvalue weighted by Crippen LogP contribution is -2.34.